The van der Waals surface area contributed by atoms with Gasteiger partial charge in [-0.05, 0) is 101 Å². The minimum atomic E-state index is -0.158. The first-order chi connectivity index (χ1) is 27.2. The van der Waals surface area contributed by atoms with Gasteiger partial charge in [-0.15, -0.1) is 0 Å². The molecular weight excluding hydrogens is 714 g/mol. The Bertz CT molecular complexity index is 1480. The van der Waals surface area contributed by atoms with Crippen LogP contribution in [0.15, 0.2) is 36.4 Å². The van der Waals surface area contributed by atoms with Crippen LogP contribution in [-0.4, -0.2) is 151 Å². The standard InChI is InChI=1S/C24H38N2O5.C20H31NO4/c1-25(2)17-24(27)31-19-11-13-26(16-19)20-7-5-6-8-21(20)30-14-12-18-9-10-22(28-3)23(15-18)29-4;1-23-19-8-7-15(13-20(19)24-2)10-12-25-18-6-4-3-5-17(18)21-11-9-16(22)14-21/h9-10,15,19-21H,5-8,11-14,16-17H2,1-4H3;7-8,13,16-18,22H,3-6,9-12,14H2,1-2H3/t19-,20-,21-;16-,17-,18-/m11/s1. The van der Waals surface area contributed by atoms with Crippen molar-refractivity contribution >= 4 is 5.97 Å². The molecule has 0 amide bonds. The number of likely N-dealkylation sites (N-methyl/N-ethyl adjacent to an activating group) is 1. The van der Waals surface area contributed by atoms with E-state index >= 15 is 0 Å². The van der Waals surface area contributed by atoms with Crippen molar-refractivity contribution in [2.45, 2.75) is 114 Å². The Morgan fingerprint density at radius 3 is 1.61 bits per heavy atom. The number of carbonyl (C=O) groups excluding carboxylic acids is 1. The number of esters is 1. The Balaban J connectivity index is 0.000000219. The molecule has 2 aromatic carbocycles. The van der Waals surface area contributed by atoms with E-state index in [0.717, 1.165) is 94.1 Å². The second-order valence-corrected chi connectivity index (χ2v) is 16.0. The number of aliphatic hydroxyl groups is 1. The lowest BCUT2D eigenvalue weighted by molar-refractivity contribution is -0.149. The molecule has 1 N–H and O–H groups in total. The van der Waals surface area contributed by atoms with Crippen LogP contribution in [0.2, 0.25) is 0 Å². The van der Waals surface area contributed by atoms with Gasteiger partial charge < -0.3 is 38.3 Å². The number of β-amino-alcohol motifs (C(OH)–C–C–N with tert-alkyl or cyclic N) is 1. The first-order valence-corrected chi connectivity index (χ1v) is 20.9. The number of carbonyl (C=O) groups is 1. The molecule has 2 heterocycles. The molecule has 2 aliphatic carbocycles. The molecule has 314 valence electrons. The molecule has 2 aliphatic heterocycles. The zero-order chi connectivity index (χ0) is 39.9. The molecule has 12 heteroatoms. The number of likely N-dealkylation sites (tertiary alicyclic amines) is 2. The molecule has 2 saturated carbocycles. The second-order valence-electron chi connectivity index (χ2n) is 16.0. The maximum atomic E-state index is 12.0. The average molecular weight is 784 g/mol. The van der Waals surface area contributed by atoms with E-state index in [9.17, 15) is 9.90 Å². The van der Waals surface area contributed by atoms with Gasteiger partial charge in [0.25, 0.3) is 0 Å². The Hall–Kier alpha value is -3.13. The van der Waals surface area contributed by atoms with Crippen LogP contribution in [0.25, 0.3) is 0 Å². The third kappa shape index (κ3) is 12.9. The third-order valence-corrected chi connectivity index (χ3v) is 11.7. The monoisotopic (exact) mass is 784 g/mol. The topological polar surface area (TPSA) is 112 Å². The van der Waals surface area contributed by atoms with Gasteiger partial charge in [0.15, 0.2) is 23.0 Å². The molecule has 0 bridgehead atoms. The highest BCUT2D eigenvalue weighted by Gasteiger charge is 2.37. The fourth-order valence-corrected chi connectivity index (χ4v) is 8.81. The van der Waals surface area contributed by atoms with Gasteiger partial charge in [-0.2, -0.15) is 0 Å². The van der Waals surface area contributed by atoms with Crippen molar-refractivity contribution in [2.75, 3.05) is 88.5 Å². The normalized spacial score (nSPS) is 25.7. The predicted molar refractivity (Wildman–Crippen MR) is 217 cm³/mol. The van der Waals surface area contributed by atoms with E-state index in [4.69, 9.17) is 33.2 Å². The summed E-state index contributed by atoms with van der Waals surface area (Å²) in [6.45, 7) is 5.33. The molecule has 0 unspecified atom stereocenters. The lowest BCUT2D eigenvalue weighted by atomic mass is 9.91. The zero-order valence-corrected chi connectivity index (χ0v) is 34.9. The molecule has 2 aromatic rings. The van der Waals surface area contributed by atoms with Crippen molar-refractivity contribution in [3.05, 3.63) is 47.5 Å². The van der Waals surface area contributed by atoms with E-state index < -0.39 is 0 Å². The van der Waals surface area contributed by atoms with Gasteiger partial charge in [0, 0.05) is 38.3 Å². The summed E-state index contributed by atoms with van der Waals surface area (Å²) >= 11 is 0. The highest BCUT2D eigenvalue weighted by Crippen LogP contribution is 2.32. The van der Waals surface area contributed by atoms with Gasteiger partial charge in [-0.1, -0.05) is 37.8 Å². The number of ether oxygens (including phenoxy) is 7. The summed E-state index contributed by atoms with van der Waals surface area (Å²) in [4.78, 5) is 18.8. The average Bonchev–Trinajstić information content (AvgIpc) is 3.86. The van der Waals surface area contributed by atoms with Gasteiger partial charge in [0.2, 0.25) is 0 Å². The number of aliphatic hydroxyl groups excluding tert-OH is 1. The van der Waals surface area contributed by atoms with Crippen LogP contribution >= 0.6 is 0 Å². The zero-order valence-electron chi connectivity index (χ0n) is 34.9. The van der Waals surface area contributed by atoms with Crippen LogP contribution in [0.4, 0.5) is 0 Å². The highest BCUT2D eigenvalue weighted by atomic mass is 16.5. The predicted octanol–water partition coefficient (Wildman–Crippen LogP) is 5.39. The van der Waals surface area contributed by atoms with E-state index in [1.807, 2.05) is 43.3 Å². The molecule has 0 aromatic heterocycles. The summed E-state index contributed by atoms with van der Waals surface area (Å²) in [5, 5.41) is 9.83. The smallest absolute Gasteiger partial charge is 0.320 e. The molecule has 4 fully saturated rings. The fraction of sp³-hybridized carbons (Fsp3) is 0.705. The summed E-state index contributed by atoms with van der Waals surface area (Å²) in [7, 11) is 10.4. The van der Waals surface area contributed by atoms with Gasteiger partial charge in [-0.3, -0.25) is 19.5 Å². The first-order valence-electron chi connectivity index (χ1n) is 20.9. The van der Waals surface area contributed by atoms with E-state index in [1.54, 1.807) is 28.4 Å². The second kappa shape index (κ2) is 22.7. The van der Waals surface area contributed by atoms with Gasteiger partial charge in [-0.25, -0.2) is 0 Å². The van der Waals surface area contributed by atoms with Crippen LogP contribution in [0.3, 0.4) is 0 Å². The van der Waals surface area contributed by atoms with Crippen molar-refractivity contribution in [2.24, 2.45) is 0 Å². The van der Waals surface area contributed by atoms with Gasteiger partial charge >= 0.3 is 5.97 Å². The quantitative estimate of drug-likeness (QED) is 0.208. The van der Waals surface area contributed by atoms with E-state index in [2.05, 4.69) is 21.9 Å². The summed E-state index contributed by atoms with van der Waals surface area (Å²) < 4.78 is 39.7. The number of benzene rings is 2. The van der Waals surface area contributed by atoms with Crippen LogP contribution in [0.1, 0.15) is 75.3 Å². The number of nitrogens with zero attached hydrogens (tertiary/aromatic N) is 3. The largest absolute Gasteiger partial charge is 0.493 e. The molecule has 0 spiro atoms. The summed E-state index contributed by atoms with van der Waals surface area (Å²) in [5.74, 6) is 2.88. The molecular formula is C44H69N3O9. The van der Waals surface area contributed by atoms with Crippen LogP contribution in [0.5, 0.6) is 23.0 Å². The highest BCUT2D eigenvalue weighted by molar-refractivity contribution is 5.71. The van der Waals surface area contributed by atoms with Gasteiger partial charge in [0.1, 0.15) is 6.10 Å². The number of hydrogen-bond acceptors (Lipinski definition) is 12. The Morgan fingerprint density at radius 2 is 1.14 bits per heavy atom. The first kappa shape index (κ1) is 44.0. The van der Waals surface area contributed by atoms with E-state index in [0.29, 0.717) is 37.9 Å². The van der Waals surface area contributed by atoms with E-state index in [-0.39, 0.29) is 24.3 Å². The SMILES string of the molecule is COc1ccc(CCO[C@@H]2CCCC[C@H]2N2CC[C@@H](O)C2)cc1OC.COc1ccc(CCO[C@@H]2CCCC[C@H]2N2CC[C@@H](OC(=O)CN(C)C)C2)cc1OC. The molecule has 56 heavy (non-hydrogen) atoms. The molecule has 4 aliphatic rings. The fourth-order valence-electron chi connectivity index (χ4n) is 8.81. The number of hydrogen-bond donors (Lipinski definition) is 1. The lowest BCUT2D eigenvalue weighted by Gasteiger charge is -2.37. The van der Waals surface area contributed by atoms with Crippen molar-refractivity contribution < 1.29 is 43.1 Å². The minimum Gasteiger partial charge on any atom is -0.493 e. The Kier molecular flexibility index (Phi) is 17.8. The molecule has 2 saturated heterocycles. The summed E-state index contributed by atoms with van der Waals surface area (Å²) in [5.41, 5.74) is 2.38. The third-order valence-electron chi connectivity index (χ3n) is 11.7. The van der Waals surface area contributed by atoms with Crippen LogP contribution < -0.4 is 18.9 Å². The van der Waals surface area contributed by atoms with Crippen molar-refractivity contribution in [1.29, 1.82) is 0 Å². The minimum absolute atomic E-state index is 0.00166. The maximum absolute atomic E-state index is 12.0. The molecule has 12 nitrogen and oxygen atoms in total. The Labute approximate surface area is 335 Å². The van der Waals surface area contributed by atoms with Crippen molar-refractivity contribution in [3.63, 3.8) is 0 Å². The lowest BCUT2D eigenvalue weighted by Crippen LogP contribution is -2.46. The molecule has 6 rings (SSSR count). The van der Waals surface area contributed by atoms with E-state index in [1.165, 1.54) is 43.2 Å². The number of rotatable bonds is 17. The van der Waals surface area contributed by atoms with Crippen LogP contribution in [0, 0.1) is 0 Å². The van der Waals surface area contributed by atoms with Crippen molar-refractivity contribution in [3.8, 4) is 23.0 Å². The van der Waals surface area contributed by atoms with Crippen molar-refractivity contribution in [1.82, 2.24) is 14.7 Å². The Morgan fingerprint density at radius 1 is 0.661 bits per heavy atom. The summed E-state index contributed by atoms with van der Waals surface area (Å²) in [6.07, 6.45) is 13.4. The number of methoxy groups -OCH3 is 4. The maximum Gasteiger partial charge on any atom is 0.320 e. The van der Waals surface area contributed by atoms with Gasteiger partial charge in [0.05, 0.1) is 66.5 Å². The van der Waals surface area contributed by atoms with Crippen LogP contribution in [-0.2, 0) is 31.8 Å². The molecule has 6 atom stereocenters. The summed E-state index contributed by atoms with van der Waals surface area (Å²) in [6, 6.07) is 13.0. The molecule has 0 radical (unpaired) electrons.